The standard InChI is InChI=1S/C14H10Br2FNO3/c15-7-10-6-11(16)2-4-14(10)21-8-9-1-3-13(18(19)20)12(17)5-9/h1-6H,7-8H2. The normalized spacial score (nSPS) is 10.4. The molecule has 0 heterocycles. The van der Waals surface area contributed by atoms with Crippen molar-refractivity contribution in [2.75, 3.05) is 0 Å². The van der Waals surface area contributed by atoms with Crippen molar-refractivity contribution in [3.63, 3.8) is 0 Å². The van der Waals surface area contributed by atoms with E-state index in [0.717, 1.165) is 22.2 Å². The van der Waals surface area contributed by atoms with Crippen molar-refractivity contribution in [3.05, 3.63) is 67.9 Å². The molecule has 0 N–H and O–H groups in total. The van der Waals surface area contributed by atoms with E-state index in [-0.39, 0.29) is 6.61 Å². The average Bonchev–Trinajstić information content (AvgIpc) is 2.45. The predicted molar refractivity (Wildman–Crippen MR) is 84.2 cm³/mol. The Kier molecular flexibility index (Phi) is 5.30. The summed E-state index contributed by atoms with van der Waals surface area (Å²) in [4.78, 5) is 9.80. The molecule has 0 fully saturated rings. The van der Waals surface area contributed by atoms with Gasteiger partial charge in [0.25, 0.3) is 0 Å². The van der Waals surface area contributed by atoms with Gasteiger partial charge < -0.3 is 4.74 Å². The fourth-order valence-corrected chi connectivity index (χ4v) is 2.59. The largest absolute Gasteiger partial charge is 0.489 e. The van der Waals surface area contributed by atoms with Crippen molar-refractivity contribution in [2.24, 2.45) is 0 Å². The molecule has 0 saturated heterocycles. The molecule has 0 aliphatic rings. The van der Waals surface area contributed by atoms with Crippen LogP contribution >= 0.6 is 31.9 Å². The molecule has 21 heavy (non-hydrogen) atoms. The van der Waals surface area contributed by atoms with Crippen LogP contribution in [0.15, 0.2) is 40.9 Å². The van der Waals surface area contributed by atoms with E-state index in [1.165, 1.54) is 6.07 Å². The Balaban J connectivity index is 2.13. The summed E-state index contributed by atoms with van der Waals surface area (Å²) in [5, 5.41) is 11.2. The lowest BCUT2D eigenvalue weighted by molar-refractivity contribution is -0.387. The zero-order chi connectivity index (χ0) is 15.4. The zero-order valence-electron chi connectivity index (χ0n) is 10.7. The summed E-state index contributed by atoms with van der Waals surface area (Å²) in [7, 11) is 0. The minimum absolute atomic E-state index is 0.135. The maximum Gasteiger partial charge on any atom is 0.304 e. The van der Waals surface area contributed by atoms with Crippen LogP contribution in [0.2, 0.25) is 0 Å². The quantitative estimate of drug-likeness (QED) is 0.391. The van der Waals surface area contributed by atoms with Gasteiger partial charge in [-0.3, -0.25) is 10.1 Å². The summed E-state index contributed by atoms with van der Waals surface area (Å²) < 4.78 is 20.1. The molecule has 0 atom stereocenters. The van der Waals surface area contributed by atoms with Gasteiger partial charge in [-0.15, -0.1) is 0 Å². The topological polar surface area (TPSA) is 52.4 Å². The van der Waals surface area contributed by atoms with E-state index < -0.39 is 16.4 Å². The molecule has 0 bridgehead atoms. The van der Waals surface area contributed by atoms with Crippen LogP contribution in [0.4, 0.5) is 10.1 Å². The van der Waals surface area contributed by atoms with Crippen molar-refractivity contribution in [3.8, 4) is 5.75 Å². The molecule has 4 nitrogen and oxygen atoms in total. The van der Waals surface area contributed by atoms with Gasteiger partial charge in [0.05, 0.1) is 4.92 Å². The number of benzene rings is 2. The number of halogens is 3. The number of nitro benzene ring substituents is 1. The minimum atomic E-state index is -0.863. The van der Waals surface area contributed by atoms with Crippen LogP contribution in [0.5, 0.6) is 5.75 Å². The third-order valence-corrected chi connectivity index (χ3v) is 3.87. The predicted octanol–water partition coefficient (Wildman–Crippen LogP) is 4.97. The van der Waals surface area contributed by atoms with Gasteiger partial charge in [0.1, 0.15) is 12.4 Å². The Hall–Kier alpha value is -1.47. The summed E-state index contributed by atoms with van der Waals surface area (Å²) in [5.74, 6) is -0.188. The van der Waals surface area contributed by atoms with E-state index in [4.69, 9.17) is 4.74 Å². The maximum absolute atomic E-state index is 13.5. The molecule has 0 spiro atoms. The van der Waals surface area contributed by atoms with Crippen molar-refractivity contribution >= 4 is 37.5 Å². The van der Waals surface area contributed by atoms with Crippen LogP contribution < -0.4 is 4.74 Å². The van der Waals surface area contributed by atoms with Crippen LogP contribution in [0.3, 0.4) is 0 Å². The second-order valence-electron chi connectivity index (χ2n) is 4.22. The number of nitrogens with zero attached hydrogens (tertiary/aromatic N) is 1. The van der Waals surface area contributed by atoms with Gasteiger partial charge in [0.15, 0.2) is 0 Å². The van der Waals surface area contributed by atoms with E-state index >= 15 is 0 Å². The molecule has 2 rings (SSSR count). The second-order valence-corrected chi connectivity index (χ2v) is 5.69. The zero-order valence-corrected chi connectivity index (χ0v) is 13.9. The Morgan fingerprint density at radius 3 is 2.62 bits per heavy atom. The van der Waals surface area contributed by atoms with Gasteiger partial charge in [0, 0.05) is 21.4 Å². The van der Waals surface area contributed by atoms with E-state index in [1.807, 2.05) is 18.2 Å². The van der Waals surface area contributed by atoms with Crippen molar-refractivity contribution in [2.45, 2.75) is 11.9 Å². The Bertz CT molecular complexity index is 679. The molecule has 0 saturated carbocycles. The lowest BCUT2D eigenvalue weighted by Gasteiger charge is -2.10. The van der Waals surface area contributed by atoms with Crippen LogP contribution in [-0.2, 0) is 11.9 Å². The highest BCUT2D eigenvalue weighted by Crippen LogP contribution is 2.26. The molecule has 2 aromatic carbocycles. The van der Waals surface area contributed by atoms with Gasteiger partial charge in [0.2, 0.25) is 5.82 Å². The minimum Gasteiger partial charge on any atom is -0.489 e. The molecule has 2 aromatic rings. The summed E-state index contributed by atoms with van der Waals surface area (Å²) in [6, 6.07) is 9.31. The summed E-state index contributed by atoms with van der Waals surface area (Å²) in [6.45, 7) is 0.135. The second kappa shape index (κ2) is 7.00. The summed E-state index contributed by atoms with van der Waals surface area (Å²) in [5.41, 5.74) is 0.942. The third kappa shape index (κ3) is 4.01. The number of rotatable bonds is 5. The molecule has 0 aliphatic carbocycles. The van der Waals surface area contributed by atoms with Crippen LogP contribution in [0.1, 0.15) is 11.1 Å². The molecule has 0 amide bonds. The van der Waals surface area contributed by atoms with Crippen LogP contribution in [0, 0.1) is 15.9 Å². The van der Waals surface area contributed by atoms with Gasteiger partial charge in [-0.2, -0.15) is 4.39 Å². The molecule has 0 aromatic heterocycles. The average molecular weight is 419 g/mol. The first-order valence-electron chi connectivity index (χ1n) is 5.91. The van der Waals surface area contributed by atoms with E-state index in [9.17, 15) is 14.5 Å². The van der Waals surface area contributed by atoms with Crippen LogP contribution in [0.25, 0.3) is 0 Å². The van der Waals surface area contributed by atoms with Crippen molar-refractivity contribution < 1.29 is 14.1 Å². The first-order valence-corrected chi connectivity index (χ1v) is 7.82. The third-order valence-electron chi connectivity index (χ3n) is 2.77. The molecular formula is C14H10Br2FNO3. The lowest BCUT2D eigenvalue weighted by Crippen LogP contribution is -2.00. The van der Waals surface area contributed by atoms with Gasteiger partial charge in [-0.05, 0) is 35.9 Å². The molecule has 0 radical (unpaired) electrons. The smallest absolute Gasteiger partial charge is 0.304 e. The molecule has 7 heteroatoms. The Morgan fingerprint density at radius 2 is 2.00 bits per heavy atom. The number of alkyl halides is 1. The Morgan fingerprint density at radius 1 is 1.24 bits per heavy atom. The monoisotopic (exact) mass is 417 g/mol. The van der Waals surface area contributed by atoms with E-state index in [0.29, 0.717) is 16.6 Å². The Labute approximate surface area is 137 Å². The molecular weight excluding hydrogens is 409 g/mol. The highest BCUT2D eigenvalue weighted by molar-refractivity contribution is 9.10. The lowest BCUT2D eigenvalue weighted by atomic mass is 10.2. The SMILES string of the molecule is O=[N+]([O-])c1ccc(COc2ccc(Br)cc2CBr)cc1F. The van der Waals surface area contributed by atoms with Gasteiger partial charge >= 0.3 is 5.69 Å². The van der Waals surface area contributed by atoms with E-state index in [2.05, 4.69) is 31.9 Å². The number of nitro groups is 1. The molecule has 110 valence electrons. The molecule has 0 unspecified atom stereocenters. The first-order chi connectivity index (χ1) is 10.0. The highest BCUT2D eigenvalue weighted by atomic mass is 79.9. The van der Waals surface area contributed by atoms with Gasteiger partial charge in [-0.25, -0.2) is 0 Å². The highest BCUT2D eigenvalue weighted by Gasteiger charge is 2.14. The fourth-order valence-electron chi connectivity index (χ4n) is 1.74. The number of hydrogen-bond acceptors (Lipinski definition) is 3. The van der Waals surface area contributed by atoms with Gasteiger partial charge in [-0.1, -0.05) is 31.9 Å². The summed E-state index contributed by atoms with van der Waals surface area (Å²) >= 11 is 6.74. The van der Waals surface area contributed by atoms with Crippen molar-refractivity contribution in [1.29, 1.82) is 0 Å². The number of ether oxygens (including phenoxy) is 1. The van der Waals surface area contributed by atoms with Crippen LogP contribution in [-0.4, -0.2) is 4.92 Å². The first kappa shape index (κ1) is 15.9. The fraction of sp³-hybridized carbons (Fsp3) is 0.143. The molecule has 0 aliphatic heterocycles. The maximum atomic E-state index is 13.5. The van der Waals surface area contributed by atoms with E-state index in [1.54, 1.807) is 0 Å². The summed E-state index contributed by atoms with van der Waals surface area (Å²) in [6.07, 6.45) is 0. The van der Waals surface area contributed by atoms with Crippen molar-refractivity contribution in [1.82, 2.24) is 0 Å². The number of hydrogen-bond donors (Lipinski definition) is 0.